The lowest BCUT2D eigenvalue weighted by Gasteiger charge is -2.51. The maximum absolute atomic E-state index is 13.1. The second-order valence-electron chi connectivity index (χ2n) is 6.92. The van der Waals surface area contributed by atoms with E-state index in [1.54, 1.807) is 19.2 Å². The molecular weight excluding hydrogens is 322 g/mol. The van der Waals surface area contributed by atoms with Crippen LogP contribution in [0.25, 0.3) is 11.1 Å². The summed E-state index contributed by atoms with van der Waals surface area (Å²) >= 11 is 0. The Kier molecular flexibility index (Phi) is 3.39. The van der Waals surface area contributed by atoms with Gasteiger partial charge in [0.25, 0.3) is 0 Å². The first kappa shape index (κ1) is 16.1. The van der Waals surface area contributed by atoms with E-state index in [-0.39, 0.29) is 17.5 Å². The van der Waals surface area contributed by atoms with E-state index in [2.05, 4.69) is 0 Å². The molecule has 0 radical (unpaired) electrons. The topological polar surface area (TPSA) is 82.0 Å². The van der Waals surface area contributed by atoms with Crippen LogP contribution >= 0.6 is 0 Å². The van der Waals surface area contributed by atoms with Gasteiger partial charge in [-0.2, -0.15) is 0 Å². The zero-order valence-electron chi connectivity index (χ0n) is 14.5. The molecule has 1 aliphatic heterocycles. The highest BCUT2D eigenvalue weighted by Crippen LogP contribution is 2.54. The van der Waals surface area contributed by atoms with Gasteiger partial charge in [0.15, 0.2) is 23.0 Å². The quantitative estimate of drug-likeness (QED) is 0.647. The summed E-state index contributed by atoms with van der Waals surface area (Å²) < 4.78 is 10.2. The lowest BCUT2D eigenvalue weighted by Crippen LogP contribution is -2.48. The molecule has 2 atom stereocenters. The van der Waals surface area contributed by atoms with E-state index < -0.39 is 4.65 Å². The van der Waals surface area contributed by atoms with Crippen molar-refractivity contribution in [2.24, 2.45) is 0 Å². The SMILES string of the molecule is COc1cc2c(cc1O)CC1c3c(cc(OC)c(O)c3-2)CC[N+]1(C)[O-]. The monoisotopic (exact) mass is 343 g/mol. The smallest absolute Gasteiger partial charge is 0.166 e. The number of aromatic hydroxyl groups is 2. The zero-order valence-corrected chi connectivity index (χ0v) is 14.5. The van der Waals surface area contributed by atoms with Crippen molar-refractivity contribution in [2.45, 2.75) is 18.9 Å². The number of phenolic OH excluding ortho intramolecular Hbond substituents is 2. The molecule has 0 spiro atoms. The van der Waals surface area contributed by atoms with Crippen LogP contribution in [0, 0.1) is 5.21 Å². The molecule has 2 aliphatic rings. The van der Waals surface area contributed by atoms with Crippen molar-refractivity contribution in [2.75, 3.05) is 27.8 Å². The third-order valence-corrected chi connectivity index (χ3v) is 5.52. The maximum Gasteiger partial charge on any atom is 0.166 e. The average molecular weight is 343 g/mol. The fraction of sp³-hybridized carbons (Fsp3) is 0.368. The number of nitrogens with zero attached hydrogens (tertiary/aromatic N) is 1. The first-order chi connectivity index (χ1) is 11.9. The van der Waals surface area contributed by atoms with E-state index in [0.717, 1.165) is 22.3 Å². The number of quaternary nitrogens is 1. The number of rotatable bonds is 2. The van der Waals surface area contributed by atoms with E-state index >= 15 is 0 Å². The lowest BCUT2D eigenvalue weighted by atomic mass is 9.76. The summed E-state index contributed by atoms with van der Waals surface area (Å²) in [7, 11) is 4.68. The van der Waals surface area contributed by atoms with Crippen molar-refractivity contribution in [1.82, 2.24) is 0 Å². The fourth-order valence-corrected chi connectivity index (χ4v) is 4.18. The summed E-state index contributed by atoms with van der Waals surface area (Å²) in [5.41, 5.74) is 4.16. The van der Waals surface area contributed by atoms with Crippen molar-refractivity contribution >= 4 is 0 Å². The molecule has 25 heavy (non-hydrogen) atoms. The van der Waals surface area contributed by atoms with Gasteiger partial charge < -0.3 is 29.5 Å². The Hall–Kier alpha value is -2.44. The van der Waals surface area contributed by atoms with Gasteiger partial charge in [-0.25, -0.2) is 0 Å². The molecule has 2 N–H and O–H groups in total. The molecule has 0 bridgehead atoms. The first-order valence-electron chi connectivity index (χ1n) is 8.26. The summed E-state index contributed by atoms with van der Waals surface area (Å²) in [5.74, 6) is 0.794. The first-order valence-corrected chi connectivity index (χ1v) is 8.26. The molecule has 6 nitrogen and oxygen atoms in total. The van der Waals surface area contributed by atoms with Gasteiger partial charge in [-0.3, -0.25) is 0 Å². The average Bonchev–Trinajstić information content (AvgIpc) is 2.58. The fourth-order valence-electron chi connectivity index (χ4n) is 4.18. The number of hydrogen-bond acceptors (Lipinski definition) is 5. The van der Waals surface area contributed by atoms with E-state index in [1.807, 2.05) is 6.07 Å². The second-order valence-corrected chi connectivity index (χ2v) is 6.92. The minimum atomic E-state index is -0.391. The summed E-state index contributed by atoms with van der Waals surface area (Å²) in [6, 6.07) is 4.88. The minimum Gasteiger partial charge on any atom is -0.633 e. The van der Waals surface area contributed by atoms with Crippen molar-refractivity contribution in [3.05, 3.63) is 40.1 Å². The highest BCUT2D eigenvalue weighted by molar-refractivity contribution is 5.84. The van der Waals surface area contributed by atoms with Crippen LogP contribution in [0.5, 0.6) is 23.0 Å². The van der Waals surface area contributed by atoms with Crippen molar-refractivity contribution in [3.63, 3.8) is 0 Å². The van der Waals surface area contributed by atoms with Gasteiger partial charge >= 0.3 is 0 Å². The molecule has 2 aromatic rings. The molecule has 1 aliphatic carbocycles. The van der Waals surface area contributed by atoms with Crippen LogP contribution < -0.4 is 9.47 Å². The van der Waals surface area contributed by atoms with Crippen LogP contribution in [-0.2, 0) is 12.8 Å². The predicted octanol–water partition coefficient (Wildman–Crippen LogP) is 2.88. The van der Waals surface area contributed by atoms with Crippen molar-refractivity contribution in [3.8, 4) is 34.1 Å². The number of ether oxygens (including phenoxy) is 2. The van der Waals surface area contributed by atoms with E-state index in [0.29, 0.717) is 36.4 Å². The molecule has 0 aromatic heterocycles. The third-order valence-electron chi connectivity index (χ3n) is 5.52. The van der Waals surface area contributed by atoms with Gasteiger partial charge in [-0.15, -0.1) is 0 Å². The number of likely N-dealkylation sites (N-methyl/N-ethyl adjacent to an activating group) is 1. The molecule has 1 heterocycles. The molecule has 4 rings (SSSR count). The highest BCUT2D eigenvalue weighted by atomic mass is 16.5. The molecule has 2 aromatic carbocycles. The Bertz CT molecular complexity index is 875. The Labute approximate surface area is 146 Å². The summed E-state index contributed by atoms with van der Waals surface area (Å²) in [6.07, 6.45) is 1.15. The summed E-state index contributed by atoms with van der Waals surface area (Å²) in [5, 5.41) is 34.0. The Morgan fingerprint density at radius 3 is 2.48 bits per heavy atom. The number of fused-ring (bicyclic) bond motifs is 2. The molecule has 0 amide bonds. The lowest BCUT2D eigenvalue weighted by molar-refractivity contribution is -0.894. The number of benzene rings is 2. The Morgan fingerprint density at radius 2 is 1.80 bits per heavy atom. The number of hydrogen-bond donors (Lipinski definition) is 2. The van der Waals surface area contributed by atoms with Crippen LogP contribution in [0.15, 0.2) is 18.2 Å². The molecular formula is C19H21NO5. The van der Waals surface area contributed by atoms with Crippen molar-refractivity contribution < 1.29 is 24.3 Å². The Morgan fingerprint density at radius 1 is 1.08 bits per heavy atom. The molecule has 132 valence electrons. The van der Waals surface area contributed by atoms with Crippen LogP contribution in [-0.4, -0.2) is 42.7 Å². The van der Waals surface area contributed by atoms with Gasteiger partial charge in [0.2, 0.25) is 0 Å². The number of methoxy groups -OCH3 is 2. The molecule has 0 fully saturated rings. The van der Waals surface area contributed by atoms with Gasteiger partial charge in [-0.1, -0.05) is 0 Å². The minimum absolute atomic E-state index is 0.0295. The molecule has 0 saturated heterocycles. The van der Waals surface area contributed by atoms with Gasteiger partial charge in [0, 0.05) is 24.0 Å². The maximum atomic E-state index is 13.1. The predicted molar refractivity (Wildman–Crippen MR) is 92.9 cm³/mol. The van der Waals surface area contributed by atoms with E-state index in [1.165, 1.54) is 14.2 Å². The molecule has 6 heteroatoms. The van der Waals surface area contributed by atoms with Gasteiger partial charge in [0.1, 0.15) is 6.04 Å². The van der Waals surface area contributed by atoms with Crippen LogP contribution in [0.1, 0.15) is 22.7 Å². The molecule has 0 saturated carbocycles. The summed E-state index contributed by atoms with van der Waals surface area (Å²) in [6.45, 7) is 0.475. The van der Waals surface area contributed by atoms with Crippen molar-refractivity contribution in [1.29, 1.82) is 0 Å². The number of hydroxylamine groups is 3. The Balaban J connectivity index is 2.08. The summed E-state index contributed by atoms with van der Waals surface area (Å²) in [4.78, 5) is 0. The standard InChI is InChI=1S/C19H21NO5/c1-20(23)5-4-10-8-16(25-3)19(22)18-12-9-15(24-2)14(21)7-11(12)6-13(20)17(10)18/h7-9,13,21-22H,4-6H2,1-3H3. The number of phenols is 2. The largest absolute Gasteiger partial charge is 0.633 e. The molecule has 2 unspecified atom stereocenters. The second kappa shape index (κ2) is 5.28. The highest BCUT2D eigenvalue weighted by Gasteiger charge is 2.41. The van der Waals surface area contributed by atoms with Crippen LogP contribution in [0.4, 0.5) is 0 Å². The van der Waals surface area contributed by atoms with Crippen LogP contribution in [0.2, 0.25) is 0 Å². The van der Waals surface area contributed by atoms with Crippen LogP contribution in [0.3, 0.4) is 0 Å². The van der Waals surface area contributed by atoms with Gasteiger partial charge in [-0.05, 0) is 34.9 Å². The van der Waals surface area contributed by atoms with E-state index in [9.17, 15) is 15.4 Å². The zero-order chi connectivity index (χ0) is 17.9. The van der Waals surface area contributed by atoms with E-state index in [4.69, 9.17) is 9.47 Å². The normalized spacial score (nSPS) is 23.6. The third kappa shape index (κ3) is 2.18. The van der Waals surface area contributed by atoms with Gasteiger partial charge in [0.05, 0.1) is 27.8 Å².